The largest absolute Gasteiger partial charge is 0.375 e. The number of rotatable bonds is 4. The quantitative estimate of drug-likeness (QED) is 0.788. The molecule has 2 aliphatic heterocycles. The molecule has 0 aromatic heterocycles. The Bertz CT molecular complexity index is 353. The first-order valence-corrected chi connectivity index (χ1v) is 9.08. The van der Waals surface area contributed by atoms with Gasteiger partial charge in [-0.1, -0.05) is 6.92 Å². The van der Waals surface area contributed by atoms with E-state index >= 15 is 0 Å². The summed E-state index contributed by atoms with van der Waals surface area (Å²) in [4.78, 5) is 5.28. The van der Waals surface area contributed by atoms with Crippen molar-refractivity contribution < 1.29 is 4.74 Å². The van der Waals surface area contributed by atoms with Gasteiger partial charge in [0, 0.05) is 30.6 Å². The normalized spacial score (nSPS) is 25.2. The molecule has 2 rings (SSSR count). The van der Waals surface area contributed by atoms with Gasteiger partial charge >= 0.3 is 0 Å². The molecular weight excluding hydrogens is 272 g/mol. The molecule has 0 amide bonds. The minimum absolute atomic E-state index is 0.0107. The van der Waals surface area contributed by atoms with Crippen molar-refractivity contribution in [3.63, 3.8) is 0 Å². The SMILES string of the molecule is CC1(COC(C)(C)C)CN(CC2CCN(C(C)(C)C)CC2)C1. The molecule has 0 N–H and O–H groups in total. The highest BCUT2D eigenvalue weighted by Gasteiger charge is 2.40. The molecule has 2 saturated heterocycles. The summed E-state index contributed by atoms with van der Waals surface area (Å²) >= 11 is 0. The lowest BCUT2D eigenvalue weighted by Crippen LogP contribution is -2.59. The fourth-order valence-corrected chi connectivity index (χ4v) is 3.80. The van der Waals surface area contributed by atoms with Crippen molar-refractivity contribution >= 4 is 0 Å². The second-order valence-electron chi connectivity index (χ2n) is 9.98. The Hall–Kier alpha value is -0.120. The fraction of sp³-hybridized carbons (Fsp3) is 1.00. The zero-order chi connectivity index (χ0) is 16.6. The predicted molar refractivity (Wildman–Crippen MR) is 94.3 cm³/mol. The van der Waals surface area contributed by atoms with Crippen molar-refractivity contribution in [2.45, 2.75) is 72.4 Å². The van der Waals surface area contributed by atoms with Gasteiger partial charge in [0.15, 0.2) is 0 Å². The number of hydrogen-bond acceptors (Lipinski definition) is 3. The van der Waals surface area contributed by atoms with Gasteiger partial charge in [-0.3, -0.25) is 4.90 Å². The zero-order valence-electron chi connectivity index (χ0n) is 16.0. The molecule has 0 unspecified atom stereocenters. The van der Waals surface area contributed by atoms with E-state index in [1.165, 1.54) is 45.6 Å². The van der Waals surface area contributed by atoms with Crippen LogP contribution in [0, 0.1) is 11.3 Å². The lowest BCUT2D eigenvalue weighted by atomic mass is 9.81. The Morgan fingerprint density at radius 2 is 1.55 bits per heavy atom. The van der Waals surface area contributed by atoms with Crippen LogP contribution in [0.15, 0.2) is 0 Å². The van der Waals surface area contributed by atoms with Gasteiger partial charge in [0.25, 0.3) is 0 Å². The molecule has 2 aliphatic rings. The summed E-state index contributed by atoms with van der Waals surface area (Å²) in [5.74, 6) is 0.895. The van der Waals surface area contributed by atoms with E-state index in [4.69, 9.17) is 4.74 Å². The number of hydrogen-bond donors (Lipinski definition) is 0. The highest BCUT2D eigenvalue weighted by molar-refractivity contribution is 4.93. The van der Waals surface area contributed by atoms with E-state index in [9.17, 15) is 0 Å². The second-order valence-corrected chi connectivity index (χ2v) is 9.98. The number of nitrogens with zero attached hydrogens (tertiary/aromatic N) is 2. The third-order valence-electron chi connectivity index (χ3n) is 5.14. The maximum Gasteiger partial charge on any atom is 0.0598 e. The second kappa shape index (κ2) is 6.41. The number of piperidine rings is 1. The Kier molecular flexibility index (Phi) is 5.31. The summed E-state index contributed by atoms with van der Waals surface area (Å²) in [6.07, 6.45) is 2.73. The summed E-state index contributed by atoms with van der Waals surface area (Å²) in [7, 11) is 0. The lowest BCUT2D eigenvalue weighted by molar-refractivity contribution is -0.106. The van der Waals surface area contributed by atoms with Crippen LogP contribution < -0.4 is 0 Å². The van der Waals surface area contributed by atoms with E-state index in [-0.39, 0.29) is 5.60 Å². The van der Waals surface area contributed by atoms with Gasteiger partial charge in [0.1, 0.15) is 0 Å². The summed E-state index contributed by atoms with van der Waals surface area (Å²) < 4.78 is 5.99. The summed E-state index contributed by atoms with van der Waals surface area (Å²) in [5.41, 5.74) is 0.702. The average Bonchev–Trinajstić information content (AvgIpc) is 2.33. The molecule has 2 heterocycles. The van der Waals surface area contributed by atoms with E-state index in [1.54, 1.807) is 0 Å². The Morgan fingerprint density at radius 1 is 1.00 bits per heavy atom. The molecule has 130 valence electrons. The van der Waals surface area contributed by atoms with Crippen LogP contribution >= 0.6 is 0 Å². The predicted octanol–water partition coefficient (Wildman–Crippen LogP) is 3.63. The lowest BCUT2D eigenvalue weighted by Gasteiger charge is -2.51. The van der Waals surface area contributed by atoms with Crippen molar-refractivity contribution in [3.05, 3.63) is 0 Å². The highest BCUT2D eigenvalue weighted by atomic mass is 16.5. The van der Waals surface area contributed by atoms with Gasteiger partial charge in [-0.15, -0.1) is 0 Å². The standard InChI is InChI=1S/C19H38N2O/c1-17(2,3)21-10-8-16(9-11-21)12-20-13-19(7,14-20)15-22-18(4,5)6/h16H,8-15H2,1-7H3. The molecule has 22 heavy (non-hydrogen) atoms. The van der Waals surface area contributed by atoms with Crippen LogP contribution in [0.1, 0.15) is 61.3 Å². The third-order valence-corrected chi connectivity index (χ3v) is 5.14. The first-order chi connectivity index (χ1) is 9.97. The van der Waals surface area contributed by atoms with E-state index in [0.717, 1.165) is 12.5 Å². The monoisotopic (exact) mass is 310 g/mol. The van der Waals surface area contributed by atoms with E-state index in [2.05, 4.69) is 58.3 Å². The Labute approximate surface area is 138 Å². The van der Waals surface area contributed by atoms with E-state index < -0.39 is 0 Å². The first kappa shape index (κ1) is 18.2. The van der Waals surface area contributed by atoms with Crippen LogP contribution in [0.4, 0.5) is 0 Å². The first-order valence-electron chi connectivity index (χ1n) is 9.08. The minimum Gasteiger partial charge on any atom is -0.375 e. The van der Waals surface area contributed by atoms with Crippen molar-refractivity contribution in [1.29, 1.82) is 0 Å². The topological polar surface area (TPSA) is 15.7 Å². The van der Waals surface area contributed by atoms with Crippen LogP contribution in [0.25, 0.3) is 0 Å². The molecule has 0 aromatic carbocycles. The Morgan fingerprint density at radius 3 is 2.00 bits per heavy atom. The molecule has 0 bridgehead atoms. The summed E-state index contributed by atoms with van der Waals surface area (Å²) in [6, 6.07) is 0. The molecule has 0 radical (unpaired) electrons. The zero-order valence-corrected chi connectivity index (χ0v) is 16.0. The molecule has 0 spiro atoms. The van der Waals surface area contributed by atoms with Gasteiger partial charge in [0.05, 0.1) is 12.2 Å². The third kappa shape index (κ3) is 5.21. The smallest absolute Gasteiger partial charge is 0.0598 e. The minimum atomic E-state index is -0.0107. The van der Waals surface area contributed by atoms with Gasteiger partial charge in [0.2, 0.25) is 0 Å². The molecule has 3 nitrogen and oxygen atoms in total. The van der Waals surface area contributed by atoms with Crippen molar-refractivity contribution in [2.24, 2.45) is 11.3 Å². The van der Waals surface area contributed by atoms with Gasteiger partial charge in [-0.05, 0) is 73.4 Å². The fourth-order valence-electron chi connectivity index (χ4n) is 3.80. The average molecular weight is 311 g/mol. The van der Waals surface area contributed by atoms with E-state index in [1.807, 2.05) is 0 Å². The van der Waals surface area contributed by atoms with Gasteiger partial charge in [-0.2, -0.15) is 0 Å². The molecule has 0 saturated carbocycles. The van der Waals surface area contributed by atoms with Crippen LogP contribution in [0.5, 0.6) is 0 Å². The molecular formula is C19H38N2O. The molecule has 3 heteroatoms. The van der Waals surface area contributed by atoms with Crippen LogP contribution in [-0.2, 0) is 4.74 Å². The van der Waals surface area contributed by atoms with Crippen molar-refractivity contribution in [3.8, 4) is 0 Å². The summed E-state index contributed by atoms with van der Waals surface area (Å²) in [6.45, 7) is 23.0. The van der Waals surface area contributed by atoms with Crippen LogP contribution in [0.2, 0.25) is 0 Å². The van der Waals surface area contributed by atoms with Crippen molar-refractivity contribution in [2.75, 3.05) is 39.3 Å². The van der Waals surface area contributed by atoms with Gasteiger partial charge in [-0.25, -0.2) is 0 Å². The van der Waals surface area contributed by atoms with Gasteiger partial charge < -0.3 is 9.64 Å². The molecule has 0 aliphatic carbocycles. The highest BCUT2D eigenvalue weighted by Crippen LogP contribution is 2.33. The molecule has 2 fully saturated rings. The molecule has 0 aromatic rings. The number of ether oxygens (including phenoxy) is 1. The van der Waals surface area contributed by atoms with E-state index in [0.29, 0.717) is 11.0 Å². The van der Waals surface area contributed by atoms with Crippen LogP contribution in [-0.4, -0.2) is 60.3 Å². The summed E-state index contributed by atoms with van der Waals surface area (Å²) in [5, 5.41) is 0. The number of likely N-dealkylation sites (tertiary alicyclic amines) is 2. The maximum atomic E-state index is 5.99. The van der Waals surface area contributed by atoms with Crippen LogP contribution in [0.3, 0.4) is 0 Å². The maximum absolute atomic E-state index is 5.99. The van der Waals surface area contributed by atoms with Crippen molar-refractivity contribution in [1.82, 2.24) is 9.80 Å². The molecule has 0 atom stereocenters. The Balaban J connectivity index is 1.66.